The highest BCUT2D eigenvalue weighted by Crippen LogP contribution is 2.12. The van der Waals surface area contributed by atoms with E-state index in [0.717, 1.165) is 0 Å². The number of nitrogens with zero attached hydrogens (tertiary/aromatic N) is 1. The Morgan fingerprint density at radius 3 is 2.38 bits per heavy atom. The summed E-state index contributed by atoms with van der Waals surface area (Å²) < 4.78 is 2.17. The second kappa shape index (κ2) is 5.03. The summed E-state index contributed by atoms with van der Waals surface area (Å²) in [5, 5.41) is 0. The van der Waals surface area contributed by atoms with Crippen molar-refractivity contribution in [2.45, 2.75) is 19.9 Å². The van der Waals surface area contributed by atoms with E-state index in [1.165, 1.54) is 5.69 Å². The zero-order valence-electron chi connectivity index (χ0n) is 8.07. The summed E-state index contributed by atoms with van der Waals surface area (Å²) in [6, 6.07) is 10.7. The van der Waals surface area contributed by atoms with Crippen molar-refractivity contribution in [1.29, 1.82) is 0 Å². The van der Waals surface area contributed by atoms with Crippen LogP contribution in [0.15, 0.2) is 30.3 Å². The molecule has 0 saturated heterocycles. The van der Waals surface area contributed by atoms with E-state index in [-0.39, 0.29) is 0 Å². The monoisotopic (exact) mass is 196 g/mol. The lowest BCUT2D eigenvalue weighted by Crippen LogP contribution is -2.16. The molecule has 0 aromatic heterocycles. The van der Waals surface area contributed by atoms with Crippen LogP contribution in [-0.2, 0) is 0 Å². The Hall–Kier alpha value is -0.820. The van der Waals surface area contributed by atoms with Gasteiger partial charge in [0.2, 0.25) is 5.69 Å². The van der Waals surface area contributed by atoms with E-state index >= 15 is 0 Å². The molecule has 13 heavy (non-hydrogen) atoms. The van der Waals surface area contributed by atoms with Crippen LogP contribution >= 0.6 is 11.6 Å². The quantitative estimate of drug-likeness (QED) is 0.397. The maximum atomic E-state index is 5.69. The van der Waals surface area contributed by atoms with Crippen molar-refractivity contribution in [1.82, 2.24) is 0 Å². The molecule has 0 aliphatic heterocycles. The average Bonchev–Trinajstić information content (AvgIpc) is 2.15. The van der Waals surface area contributed by atoms with Crippen LogP contribution in [0.3, 0.4) is 0 Å². The fourth-order valence-corrected chi connectivity index (χ4v) is 1.44. The predicted molar refractivity (Wildman–Crippen MR) is 58.3 cm³/mol. The highest BCUT2D eigenvalue weighted by atomic mass is 35.5. The molecule has 0 N–H and O–H groups in total. The van der Waals surface area contributed by atoms with Crippen LogP contribution in [-0.4, -0.2) is 22.7 Å². The molecule has 0 bridgehead atoms. The smallest absolute Gasteiger partial charge is 0.199 e. The van der Waals surface area contributed by atoms with Crippen LogP contribution in [0.1, 0.15) is 13.8 Å². The molecule has 1 aromatic carbocycles. The molecule has 0 heterocycles. The Morgan fingerprint density at radius 1 is 1.31 bits per heavy atom. The third kappa shape index (κ3) is 2.85. The lowest BCUT2D eigenvalue weighted by molar-refractivity contribution is -0.471. The van der Waals surface area contributed by atoms with Crippen molar-refractivity contribution in [3.05, 3.63) is 30.3 Å². The molecule has 0 aliphatic rings. The Bertz CT molecular complexity index is 277. The van der Waals surface area contributed by atoms with Crippen molar-refractivity contribution in [3.8, 4) is 0 Å². The number of para-hydroxylation sites is 1. The molecule has 0 spiro atoms. The molecular weight excluding hydrogens is 182 g/mol. The number of benzene rings is 1. The zero-order chi connectivity index (χ0) is 9.68. The lowest BCUT2D eigenvalue weighted by Gasteiger charge is -2.05. The van der Waals surface area contributed by atoms with E-state index in [1.54, 1.807) is 0 Å². The van der Waals surface area contributed by atoms with Gasteiger partial charge in [0.05, 0.1) is 5.88 Å². The number of halogens is 1. The highest BCUT2D eigenvalue weighted by Gasteiger charge is 2.11. The molecule has 0 fully saturated rings. The second-order valence-electron chi connectivity index (χ2n) is 3.17. The van der Waals surface area contributed by atoms with Crippen molar-refractivity contribution < 1.29 is 4.58 Å². The van der Waals surface area contributed by atoms with Crippen LogP contribution in [0.25, 0.3) is 0 Å². The summed E-state index contributed by atoms with van der Waals surface area (Å²) >= 11 is 5.69. The zero-order valence-corrected chi connectivity index (χ0v) is 8.83. The van der Waals surface area contributed by atoms with Gasteiger partial charge in [0.1, 0.15) is 0 Å². The van der Waals surface area contributed by atoms with Gasteiger partial charge < -0.3 is 0 Å². The molecule has 0 atom stereocenters. The molecule has 0 saturated carbocycles. The molecule has 1 nitrogen and oxygen atoms in total. The van der Waals surface area contributed by atoms with Gasteiger partial charge in [-0.3, -0.25) is 0 Å². The Morgan fingerprint density at radius 2 is 1.92 bits per heavy atom. The van der Waals surface area contributed by atoms with Crippen LogP contribution in [0, 0.1) is 0 Å². The summed E-state index contributed by atoms with van der Waals surface area (Å²) in [5.41, 5.74) is 1.19. The van der Waals surface area contributed by atoms with Crippen LogP contribution < -0.4 is 0 Å². The Balaban J connectivity index is 2.96. The van der Waals surface area contributed by atoms with Gasteiger partial charge in [-0.1, -0.05) is 18.2 Å². The number of rotatable bonds is 3. The highest BCUT2D eigenvalue weighted by molar-refractivity contribution is 6.24. The molecule has 1 rings (SSSR count). The SMILES string of the molecule is CC(C)/[N+](=C\CCl)c1ccccc1. The molecule has 0 aliphatic carbocycles. The van der Waals surface area contributed by atoms with Gasteiger partial charge in [0.25, 0.3) is 0 Å². The van der Waals surface area contributed by atoms with Crippen molar-refractivity contribution >= 4 is 23.5 Å². The molecule has 0 unspecified atom stereocenters. The van der Waals surface area contributed by atoms with Crippen LogP contribution in [0.4, 0.5) is 5.69 Å². The van der Waals surface area contributed by atoms with E-state index in [9.17, 15) is 0 Å². The maximum Gasteiger partial charge on any atom is 0.205 e. The van der Waals surface area contributed by atoms with Crippen LogP contribution in [0.5, 0.6) is 0 Å². The first-order chi connectivity index (χ1) is 6.25. The molecule has 0 radical (unpaired) electrons. The van der Waals surface area contributed by atoms with Gasteiger partial charge in [0, 0.05) is 12.1 Å². The largest absolute Gasteiger partial charge is 0.205 e. The number of hydrogen-bond donors (Lipinski definition) is 0. The third-order valence-electron chi connectivity index (χ3n) is 1.88. The first kappa shape index (κ1) is 10.3. The minimum atomic E-state index is 0.446. The van der Waals surface area contributed by atoms with Gasteiger partial charge in [-0.2, -0.15) is 4.58 Å². The van der Waals surface area contributed by atoms with Gasteiger partial charge >= 0.3 is 0 Å². The topological polar surface area (TPSA) is 3.01 Å². The molecular formula is C11H15ClN+. The Labute approximate surface area is 84.7 Å². The van der Waals surface area contributed by atoms with E-state index in [2.05, 4.69) is 30.6 Å². The normalized spacial score (nSPS) is 12.2. The third-order valence-corrected chi connectivity index (χ3v) is 2.01. The van der Waals surface area contributed by atoms with Crippen molar-refractivity contribution in [2.24, 2.45) is 0 Å². The van der Waals surface area contributed by atoms with Crippen LogP contribution in [0.2, 0.25) is 0 Å². The lowest BCUT2D eigenvalue weighted by atomic mass is 10.2. The minimum Gasteiger partial charge on any atom is -0.199 e. The van der Waals surface area contributed by atoms with Gasteiger partial charge in [-0.15, -0.1) is 11.6 Å². The van der Waals surface area contributed by atoms with E-state index in [0.29, 0.717) is 11.9 Å². The Kier molecular flexibility index (Phi) is 3.97. The van der Waals surface area contributed by atoms with Crippen molar-refractivity contribution in [2.75, 3.05) is 5.88 Å². The number of hydrogen-bond acceptors (Lipinski definition) is 0. The van der Waals surface area contributed by atoms with E-state index in [1.807, 2.05) is 24.4 Å². The van der Waals surface area contributed by atoms with E-state index < -0.39 is 0 Å². The minimum absolute atomic E-state index is 0.446. The average molecular weight is 197 g/mol. The summed E-state index contributed by atoms with van der Waals surface area (Å²) in [6.07, 6.45) is 2.00. The standard InChI is InChI=1S/C11H15ClN/c1-10(2)13(9-8-12)11-6-4-3-5-7-11/h3-7,9-10H,8H2,1-2H3/q+1/b13-9+. The summed E-state index contributed by atoms with van der Waals surface area (Å²) in [6.45, 7) is 4.30. The molecule has 0 amide bonds. The van der Waals surface area contributed by atoms with Crippen molar-refractivity contribution in [3.63, 3.8) is 0 Å². The molecule has 2 heteroatoms. The maximum absolute atomic E-state index is 5.69. The summed E-state index contributed by atoms with van der Waals surface area (Å²) in [7, 11) is 0. The van der Waals surface area contributed by atoms with Gasteiger partial charge in [-0.25, -0.2) is 0 Å². The van der Waals surface area contributed by atoms with Gasteiger partial charge in [-0.05, 0) is 13.8 Å². The molecule has 1 aromatic rings. The molecule has 70 valence electrons. The van der Waals surface area contributed by atoms with Gasteiger partial charge in [0.15, 0.2) is 12.3 Å². The first-order valence-electron chi connectivity index (χ1n) is 4.48. The fraction of sp³-hybridized carbons (Fsp3) is 0.364. The first-order valence-corrected chi connectivity index (χ1v) is 5.02. The second-order valence-corrected chi connectivity index (χ2v) is 3.48. The summed E-state index contributed by atoms with van der Waals surface area (Å²) in [4.78, 5) is 0. The van der Waals surface area contributed by atoms with E-state index in [4.69, 9.17) is 11.6 Å². The predicted octanol–water partition coefficient (Wildman–Crippen LogP) is 3.05. The summed E-state index contributed by atoms with van der Waals surface area (Å²) in [5.74, 6) is 0.549. The fourth-order valence-electron chi connectivity index (χ4n) is 1.29. The number of alkyl halides is 1.